The van der Waals surface area contributed by atoms with Crippen LogP contribution in [-0.2, 0) is 4.79 Å². The second kappa shape index (κ2) is 6.81. The largest absolute Gasteiger partial charge is 0.506 e. The quantitative estimate of drug-likeness (QED) is 0.605. The van der Waals surface area contributed by atoms with Crippen molar-refractivity contribution in [2.45, 2.75) is 0 Å². The van der Waals surface area contributed by atoms with E-state index in [9.17, 15) is 9.90 Å². The first kappa shape index (κ1) is 14.9. The van der Waals surface area contributed by atoms with Crippen LogP contribution in [0.2, 0.25) is 5.02 Å². The van der Waals surface area contributed by atoms with E-state index >= 15 is 0 Å². The zero-order valence-corrected chi connectivity index (χ0v) is 13.2. The van der Waals surface area contributed by atoms with Gasteiger partial charge >= 0.3 is 0 Å². The fourth-order valence-corrected chi connectivity index (χ4v) is 2.01. The third kappa shape index (κ3) is 4.28. The Hall–Kier alpha value is -1.47. The lowest BCUT2D eigenvalue weighted by atomic mass is 10.3. The lowest BCUT2D eigenvalue weighted by Crippen LogP contribution is -2.20. The Morgan fingerprint density at radius 1 is 1.25 bits per heavy atom. The number of nitrogens with one attached hydrogen (secondary N) is 1. The highest BCUT2D eigenvalue weighted by atomic mass is 127. The van der Waals surface area contributed by atoms with Crippen molar-refractivity contribution < 1.29 is 14.6 Å². The SMILES string of the molecule is O=C(COc1ccc(I)cc1)Nc1cc(Cl)ccc1O. The van der Waals surface area contributed by atoms with Crippen molar-refractivity contribution in [1.29, 1.82) is 0 Å². The zero-order valence-electron chi connectivity index (χ0n) is 10.3. The average Bonchev–Trinajstić information content (AvgIpc) is 2.42. The lowest BCUT2D eigenvalue weighted by molar-refractivity contribution is -0.118. The molecule has 0 aliphatic carbocycles. The molecule has 0 aliphatic heterocycles. The van der Waals surface area contributed by atoms with Crippen LogP contribution in [0.1, 0.15) is 0 Å². The average molecular weight is 404 g/mol. The van der Waals surface area contributed by atoms with Crippen molar-refractivity contribution >= 4 is 45.8 Å². The van der Waals surface area contributed by atoms with Crippen LogP contribution in [0, 0.1) is 3.57 Å². The molecule has 6 heteroatoms. The number of rotatable bonds is 4. The third-order valence-electron chi connectivity index (χ3n) is 2.42. The van der Waals surface area contributed by atoms with E-state index in [4.69, 9.17) is 16.3 Å². The molecule has 0 fully saturated rings. The molecule has 0 spiro atoms. The summed E-state index contributed by atoms with van der Waals surface area (Å²) in [5, 5.41) is 12.5. The van der Waals surface area contributed by atoms with Gasteiger partial charge in [-0.25, -0.2) is 0 Å². The van der Waals surface area contributed by atoms with Crippen LogP contribution < -0.4 is 10.1 Å². The minimum atomic E-state index is -0.374. The van der Waals surface area contributed by atoms with Crippen LogP contribution in [0.5, 0.6) is 11.5 Å². The maximum atomic E-state index is 11.7. The number of hydrogen-bond donors (Lipinski definition) is 2. The molecule has 0 saturated carbocycles. The van der Waals surface area contributed by atoms with Gasteiger partial charge in [-0.1, -0.05) is 11.6 Å². The number of carbonyl (C=O) groups is 1. The maximum Gasteiger partial charge on any atom is 0.262 e. The van der Waals surface area contributed by atoms with Gasteiger partial charge < -0.3 is 15.2 Å². The van der Waals surface area contributed by atoms with Gasteiger partial charge in [-0.3, -0.25) is 4.79 Å². The molecule has 0 unspecified atom stereocenters. The Balaban J connectivity index is 1.92. The smallest absolute Gasteiger partial charge is 0.262 e. The third-order valence-corrected chi connectivity index (χ3v) is 3.37. The van der Waals surface area contributed by atoms with Crippen molar-refractivity contribution in [3.63, 3.8) is 0 Å². The summed E-state index contributed by atoms with van der Waals surface area (Å²) in [6, 6.07) is 11.8. The first-order chi connectivity index (χ1) is 9.54. The number of carbonyl (C=O) groups excluding carboxylic acids is 1. The van der Waals surface area contributed by atoms with Crippen LogP contribution >= 0.6 is 34.2 Å². The lowest BCUT2D eigenvalue weighted by Gasteiger charge is -2.09. The Morgan fingerprint density at radius 2 is 1.95 bits per heavy atom. The maximum absolute atomic E-state index is 11.7. The van der Waals surface area contributed by atoms with E-state index in [-0.39, 0.29) is 24.0 Å². The van der Waals surface area contributed by atoms with E-state index in [0.29, 0.717) is 10.8 Å². The number of aromatic hydroxyl groups is 1. The summed E-state index contributed by atoms with van der Waals surface area (Å²) in [7, 11) is 0. The molecule has 1 amide bonds. The molecule has 20 heavy (non-hydrogen) atoms. The Morgan fingerprint density at radius 3 is 2.65 bits per heavy atom. The van der Waals surface area contributed by atoms with Gasteiger partial charge in [0, 0.05) is 8.59 Å². The fourth-order valence-electron chi connectivity index (χ4n) is 1.47. The summed E-state index contributed by atoms with van der Waals surface area (Å²) in [4.78, 5) is 11.7. The molecule has 2 N–H and O–H groups in total. The number of phenolic OH excluding ortho intramolecular Hbond substituents is 1. The Bertz CT molecular complexity index is 616. The van der Waals surface area contributed by atoms with Crippen molar-refractivity contribution in [3.05, 3.63) is 51.1 Å². The van der Waals surface area contributed by atoms with Crippen LogP contribution in [0.3, 0.4) is 0 Å². The van der Waals surface area contributed by atoms with Gasteiger partial charge in [0.2, 0.25) is 0 Å². The van der Waals surface area contributed by atoms with Gasteiger partial charge in [-0.15, -0.1) is 0 Å². The summed E-state index contributed by atoms with van der Waals surface area (Å²) in [5.41, 5.74) is 0.258. The predicted molar refractivity (Wildman–Crippen MR) is 86.4 cm³/mol. The summed E-state index contributed by atoms with van der Waals surface area (Å²) in [6.07, 6.45) is 0. The van der Waals surface area contributed by atoms with Gasteiger partial charge in [0.1, 0.15) is 11.5 Å². The van der Waals surface area contributed by atoms with E-state index < -0.39 is 0 Å². The normalized spacial score (nSPS) is 10.1. The predicted octanol–water partition coefficient (Wildman–Crippen LogP) is 3.67. The molecule has 0 aliphatic rings. The van der Waals surface area contributed by atoms with Gasteiger partial charge in [-0.05, 0) is 65.1 Å². The number of halogens is 2. The van der Waals surface area contributed by atoms with Gasteiger partial charge in [0.25, 0.3) is 5.91 Å². The van der Waals surface area contributed by atoms with Crippen LogP contribution in [-0.4, -0.2) is 17.6 Å². The number of ether oxygens (including phenoxy) is 1. The number of phenols is 1. The molecule has 0 aromatic heterocycles. The standard InChI is InChI=1S/C14H11ClINO3/c15-9-1-6-13(18)12(7-9)17-14(19)8-20-11-4-2-10(16)3-5-11/h1-7,18H,8H2,(H,17,19). The monoisotopic (exact) mass is 403 g/mol. The molecular formula is C14H11ClINO3. The molecule has 2 rings (SSSR count). The molecule has 0 saturated heterocycles. The molecule has 0 radical (unpaired) electrons. The minimum absolute atomic E-state index is 0.0444. The Kier molecular flexibility index (Phi) is 5.08. The highest BCUT2D eigenvalue weighted by molar-refractivity contribution is 14.1. The summed E-state index contributed by atoms with van der Waals surface area (Å²) in [5.74, 6) is 0.189. The molecule has 4 nitrogen and oxygen atoms in total. The van der Waals surface area contributed by atoms with E-state index in [1.807, 2.05) is 12.1 Å². The summed E-state index contributed by atoms with van der Waals surface area (Å²) >= 11 is 7.98. The minimum Gasteiger partial charge on any atom is -0.506 e. The topological polar surface area (TPSA) is 58.6 Å². The molecule has 0 bridgehead atoms. The number of anilines is 1. The van der Waals surface area contributed by atoms with E-state index in [1.54, 1.807) is 12.1 Å². The van der Waals surface area contributed by atoms with Crippen LogP contribution in [0.25, 0.3) is 0 Å². The van der Waals surface area contributed by atoms with Crippen LogP contribution in [0.15, 0.2) is 42.5 Å². The molecular weight excluding hydrogens is 393 g/mol. The highest BCUT2D eigenvalue weighted by Gasteiger charge is 2.08. The van der Waals surface area contributed by atoms with Crippen molar-refractivity contribution in [1.82, 2.24) is 0 Å². The Labute approximate surface area is 134 Å². The van der Waals surface area contributed by atoms with Crippen molar-refractivity contribution in [2.75, 3.05) is 11.9 Å². The molecule has 0 atom stereocenters. The van der Waals surface area contributed by atoms with Gasteiger partial charge in [0.15, 0.2) is 6.61 Å². The van der Waals surface area contributed by atoms with E-state index in [0.717, 1.165) is 3.57 Å². The molecule has 0 heterocycles. The van der Waals surface area contributed by atoms with Crippen molar-refractivity contribution in [2.24, 2.45) is 0 Å². The highest BCUT2D eigenvalue weighted by Crippen LogP contribution is 2.26. The molecule has 2 aromatic carbocycles. The summed E-state index contributed by atoms with van der Waals surface area (Å²) in [6.45, 7) is -0.146. The number of amides is 1. The van der Waals surface area contributed by atoms with Crippen LogP contribution in [0.4, 0.5) is 5.69 Å². The number of benzene rings is 2. The van der Waals surface area contributed by atoms with Gasteiger partial charge in [-0.2, -0.15) is 0 Å². The van der Waals surface area contributed by atoms with Crippen molar-refractivity contribution in [3.8, 4) is 11.5 Å². The van der Waals surface area contributed by atoms with Gasteiger partial charge in [0.05, 0.1) is 5.69 Å². The summed E-state index contributed by atoms with van der Waals surface area (Å²) < 4.78 is 6.42. The fraction of sp³-hybridized carbons (Fsp3) is 0.0714. The second-order valence-electron chi connectivity index (χ2n) is 3.95. The molecule has 104 valence electrons. The second-order valence-corrected chi connectivity index (χ2v) is 5.63. The van der Waals surface area contributed by atoms with E-state index in [2.05, 4.69) is 27.9 Å². The zero-order chi connectivity index (χ0) is 14.5. The molecule has 2 aromatic rings. The first-order valence-corrected chi connectivity index (χ1v) is 7.17. The first-order valence-electron chi connectivity index (χ1n) is 5.71. The van der Waals surface area contributed by atoms with E-state index in [1.165, 1.54) is 18.2 Å². The number of hydrogen-bond acceptors (Lipinski definition) is 3.